The van der Waals surface area contributed by atoms with Crippen LogP contribution in [0.5, 0.6) is 0 Å². The second kappa shape index (κ2) is 9.67. The lowest BCUT2D eigenvalue weighted by Crippen LogP contribution is -2.46. The van der Waals surface area contributed by atoms with Crippen LogP contribution in [0.25, 0.3) is 0 Å². The molecule has 2 saturated heterocycles. The third-order valence-electron chi connectivity index (χ3n) is 7.33. The van der Waals surface area contributed by atoms with Gasteiger partial charge in [-0.3, -0.25) is 9.29 Å². The predicted molar refractivity (Wildman–Crippen MR) is 124 cm³/mol. The van der Waals surface area contributed by atoms with Crippen LogP contribution in [0.1, 0.15) is 47.9 Å². The number of nitrogens with zero attached hydrogens (tertiary/aromatic N) is 3. The summed E-state index contributed by atoms with van der Waals surface area (Å²) in [5, 5.41) is 0. The molecule has 0 aromatic heterocycles. The molecule has 2 fully saturated rings. The van der Waals surface area contributed by atoms with Crippen molar-refractivity contribution in [3.63, 3.8) is 0 Å². The minimum Gasteiger partial charge on any atom is -0.445 e. The Morgan fingerprint density at radius 3 is 2.55 bits per heavy atom. The van der Waals surface area contributed by atoms with E-state index in [1.54, 1.807) is 12.1 Å². The van der Waals surface area contributed by atoms with E-state index in [-0.39, 0.29) is 31.2 Å². The fourth-order valence-electron chi connectivity index (χ4n) is 5.50. The molecule has 3 aliphatic rings. The molecular formula is C26H31F2N3O2. The summed E-state index contributed by atoms with van der Waals surface area (Å²) in [5.74, 6) is 0.199. The van der Waals surface area contributed by atoms with Gasteiger partial charge in [0, 0.05) is 45.0 Å². The van der Waals surface area contributed by atoms with Crippen molar-refractivity contribution in [1.29, 1.82) is 0 Å². The number of hydrogen-bond donors (Lipinski definition) is 0. The van der Waals surface area contributed by atoms with Gasteiger partial charge in [0.05, 0.1) is 12.7 Å². The Morgan fingerprint density at radius 1 is 1.00 bits per heavy atom. The molecule has 2 heterocycles. The molecule has 2 aliphatic heterocycles. The lowest BCUT2D eigenvalue weighted by Gasteiger charge is -2.36. The second-order valence-electron chi connectivity index (χ2n) is 9.30. The Labute approximate surface area is 193 Å². The van der Waals surface area contributed by atoms with Gasteiger partial charge in [-0.1, -0.05) is 18.2 Å². The molecule has 5 nitrogen and oxygen atoms in total. The molecule has 176 valence electrons. The SMILES string of the molecule is O=C(OCc1ccc(F)cc1)N1CC[C@@H]2C[C@H]1c1cc(N3CCN(CCCF)CC3)ccc12. The predicted octanol–water partition coefficient (Wildman–Crippen LogP) is 4.88. The van der Waals surface area contributed by atoms with Crippen molar-refractivity contribution in [2.75, 3.05) is 50.8 Å². The largest absolute Gasteiger partial charge is 0.445 e. The summed E-state index contributed by atoms with van der Waals surface area (Å²) in [7, 11) is 0. The van der Waals surface area contributed by atoms with Gasteiger partial charge in [0.15, 0.2) is 0 Å². The Morgan fingerprint density at radius 2 is 1.79 bits per heavy atom. The van der Waals surface area contributed by atoms with Gasteiger partial charge in [0.1, 0.15) is 12.4 Å². The van der Waals surface area contributed by atoms with Crippen LogP contribution in [-0.2, 0) is 11.3 Å². The topological polar surface area (TPSA) is 36.0 Å². The van der Waals surface area contributed by atoms with Crippen LogP contribution >= 0.6 is 0 Å². The van der Waals surface area contributed by atoms with Crippen molar-refractivity contribution in [3.05, 3.63) is 65.0 Å². The Balaban J connectivity index is 1.25. The van der Waals surface area contributed by atoms with Gasteiger partial charge in [-0.05, 0) is 66.1 Å². The number of carbonyl (C=O) groups is 1. The maximum absolute atomic E-state index is 13.1. The quantitative estimate of drug-likeness (QED) is 0.622. The van der Waals surface area contributed by atoms with E-state index < -0.39 is 0 Å². The van der Waals surface area contributed by atoms with Gasteiger partial charge < -0.3 is 14.5 Å². The number of alkyl halides is 1. The minimum atomic E-state index is -0.303. The van der Waals surface area contributed by atoms with E-state index in [9.17, 15) is 13.6 Å². The Bertz CT molecular complexity index is 976. The highest BCUT2D eigenvalue weighted by atomic mass is 19.1. The summed E-state index contributed by atoms with van der Waals surface area (Å²) in [6.07, 6.45) is 2.19. The zero-order valence-electron chi connectivity index (χ0n) is 18.9. The number of hydrogen-bond acceptors (Lipinski definition) is 4. The summed E-state index contributed by atoms with van der Waals surface area (Å²) >= 11 is 0. The molecule has 2 bridgehead atoms. The smallest absolute Gasteiger partial charge is 0.410 e. The van der Waals surface area contributed by atoms with Crippen LogP contribution in [0.15, 0.2) is 42.5 Å². The zero-order chi connectivity index (χ0) is 22.8. The molecular weight excluding hydrogens is 424 g/mol. The number of fused-ring (bicyclic) bond motifs is 5. The number of ether oxygens (including phenoxy) is 1. The fraction of sp³-hybridized carbons (Fsp3) is 0.500. The number of piperazine rings is 1. The van der Waals surface area contributed by atoms with Crippen molar-refractivity contribution < 1.29 is 18.3 Å². The van der Waals surface area contributed by atoms with E-state index in [1.807, 2.05) is 4.90 Å². The van der Waals surface area contributed by atoms with Gasteiger partial charge in [-0.25, -0.2) is 9.18 Å². The first-order valence-corrected chi connectivity index (χ1v) is 12.0. The molecule has 1 amide bonds. The molecule has 1 aliphatic carbocycles. The number of rotatable bonds is 6. The highest BCUT2D eigenvalue weighted by molar-refractivity contribution is 5.70. The third kappa shape index (κ3) is 4.69. The van der Waals surface area contributed by atoms with Crippen molar-refractivity contribution in [1.82, 2.24) is 9.80 Å². The Hall–Kier alpha value is -2.67. The molecule has 0 unspecified atom stereocenters. The number of benzene rings is 2. The molecule has 0 spiro atoms. The molecule has 0 N–H and O–H groups in total. The van der Waals surface area contributed by atoms with Crippen LogP contribution in [0.3, 0.4) is 0 Å². The average molecular weight is 456 g/mol. The first kappa shape index (κ1) is 22.1. The van der Waals surface area contributed by atoms with Crippen molar-refractivity contribution in [2.45, 2.75) is 37.8 Å². The normalized spacial score (nSPS) is 22.4. The van der Waals surface area contributed by atoms with Gasteiger partial charge in [-0.2, -0.15) is 0 Å². The van der Waals surface area contributed by atoms with E-state index >= 15 is 0 Å². The first-order chi connectivity index (χ1) is 16.1. The number of halogens is 2. The summed E-state index contributed by atoms with van der Waals surface area (Å²) in [5.41, 5.74) is 4.58. The van der Waals surface area contributed by atoms with E-state index in [2.05, 4.69) is 28.0 Å². The minimum absolute atomic E-state index is 0.0465. The van der Waals surface area contributed by atoms with Crippen molar-refractivity contribution in [3.8, 4) is 0 Å². The number of piperidine rings is 1. The van der Waals surface area contributed by atoms with Gasteiger partial charge in [-0.15, -0.1) is 0 Å². The van der Waals surface area contributed by atoms with Crippen LogP contribution < -0.4 is 4.90 Å². The number of anilines is 1. The number of amides is 1. The first-order valence-electron chi connectivity index (χ1n) is 12.0. The lowest BCUT2D eigenvalue weighted by atomic mass is 9.96. The maximum atomic E-state index is 13.1. The lowest BCUT2D eigenvalue weighted by molar-refractivity contribution is 0.0694. The van der Waals surface area contributed by atoms with Gasteiger partial charge in [0.25, 0.3) is 0 Å². The van der Waals surface area contributed by atoms with Crippen LogP contribution in [-0.4, -0.2) is 61.8 Å². The van der Waals surface area contributed by atoms with Gasteiger partial charge in [0.2, 0.25) is 0 Å². The monoisotopic (exact) mass is 455 g/mol. The molecule has 33 heavy (non-hydrogen) atoms. The van der Waals surface area contributed by atoms with Crippen molar-refractivity contribution >= 4 is 11.8 Å². The molecule has 5 rings (SSSR count). The standard InChI is InChI=1S/C26H31F2N3O2/c27-9-1-10-29-12-14-30(15-13-29)22-6-7-23-20-8-11-31(25(16-20)24(23)17-22)26(32)33-18-19-2-4-21(28)5-3-19/h2-7,17,20,25H,1,8-16,18H2/t20-,25+/m1/s1. The van der Waals surface area contributed by atoms with Crippen molar-refractivity contribution in [2.24, 2.45) is 0 Å². The molecule has 2 aromatic carbocycles. The molecule has 7 heteroatoms. The second-order valence-corrected chi connectivity index (χ2v) is 9.30. The highest BCUT2D eigenvalue weighted by Crippen LogP contribution is 2.50. The summed E-state index contributed by atoms with van der Waals surface area (Å²) in [6.45, 7) is 5.17. The third-order valence-corrected chi connectivity index (χ3v) is 7.33. The molecule has 0 saturated carbocycles. The van der Waals surface area contributed by atoms with Crippen LogP contribution in [0.4, 0.5) is 19.3 Å². The highest BCUT2D eigenvalue weighted by Gasteiger charge is 2.41. The van der Waals surface area contributed by atoms with Gasteiger partial charge >= 0.3 is 6.09 Å². The average Bonchev–Trinajstić information content (AvgIpc) is 3.13. The van der Waals surface area contributed by atoms with E-state index in [0.29, 0.717) is 18.9 Å². The summed E-state index contributed by atoms with van der Waals surface area (Å²) < 4.78 is 31.2. The fourth-order valence-corrected chi connectivity index (χ4v) is 5.50. The Kier molecular flexibility index (Phi) is 6.49. The molecule has 2 atom stereocenters. The zero-order valence-corrected chi connectivity index (χ0v) is 18.9. The van der Waals surface area contributed by atoms with Crippen LogP contribution in [0, 0.1) is 5.82 Å². The van der Waals surface area contributed by atoms with Crippen LogP contribution in [0.2, 0.25) is 0 Å². The van der Waals surface area contributed by atoms with E-state index in [4.69, 9.17) is 4.74 Å². The van der Waals surface area contributed by atoms with E-state index in [0.717, 1.165) is 51.1 Å². The number of likely N-dealkylation sites (tertiary alicyclic amines) is 1. The van der Waals surface area contributed by atoms with E-state index in [1.165, 1.54) is 28.9 Å². The summed E-state index contributed by atoms with van der Waals surface area (Å²) in [6, 6.07) is 12.8. The maximum Gasteiger partial charge on any atom is 0.410 e. The summed E-state index contributed by atoms with van der Waals surface area (Å²) in [4.78, 5) is 19.5. The molecule has 2 aromatic rings. The number of carbonyl (C=O) groups excluding carboxylic acids is 1. The molecule has 0 radical (unpaired) electrons.